The number of hydrogen-bond acceptors (Lipinski definition) is 5. The standard InChI is InChI=1S/C19H25ClN4O2S/c1-2-23-9-11-24(12-10-23)15-17-6-4-3-5-16(17)13-22-27(25,26)18-7-8-19(20)21-14-18/h3-8,14,22H,2,9-13,15H2,1H3. The molecule has 1 aliphatic heterocycles. The molecule has 6 nitrogen and oxygen atoms in total. The Balaban J connectivity index is 1.65. The van der Waals surface area contributed by atoms with Crippen LogP contribution >= 0.6 is 11.6 Å². The van der Waals surface area contributed by atoms with Crippen LogP contribution in [0.3, 0.4) is 0 Å². The van der Waals surface area contributed by atoms with E-state index in [-0.39, 0.29) is 16.6 Å². The Labute approximate surface area is 166 Å². The van der Waals surface area contributed by atoms with Gasteiger partial charge in [0.1, 0.15) is 10.0 Å². The molecule has 0 saturated carbocycles. The summed E-state index contributed by atoms with van der Waals surface area (Å²) in [5, 5.41) is 0.266. The zero-order chi connectivity index (χ0) is 19.3. The minimum Gasteiger partial charge on any atom is -0.301 e. The quantitative estimate of drug-likeness (QED) is 0.712. The molecule has 0 atom stereocenters. The number of rotatable bonds is 7. The highest BCUT2D eigenvalue weighted by molar-refractivity contribution is 7.89. The number of nitrogens with one attached hydrogen (secondary N) is 1. The maximum absolute atomic E-state index is 12.5. The lowest BCUT2D eigenvalue weighted by Gasteiger charge is -2.34. The maximum atomic E-state index is 12.5. The number of piperazine rings is 1. The van der Waals surface area contributed by atoms with Crippen LogP contribution in [0.2, 0.25) is 5.15 Å². The summed E-state index contributed by atoms with van der Waals surface area (Å²) in [6.07, 6.45) is 1.27. The van der Waals surface area contributed by atoms with Gasteiger partial charge in [0.05, 0.1) is 0 Å². The molecule has 1 aromatic heterocycles. The molecule has 146 valence electrons. The van der Waals surface area contributed by atoms with E-state index in [2.05, 4.69) is 32.5 Å². The molecule has 1 aromatic carbocycles. The largest absolute Gasteiger partial charge is 0.301 e. The molecule has 8 heteroatoms. The van der Waals surface area contributed by atoms with E-state index in [1.54, 1.807) is 0 Å². The van der Waals surface area contributed by atoms with Crippen LogP contribution in [0.5, 0.6) is 0 Å². The predicted octanol–water partition coefficient (Wildman–Crippen LogP) is 2.35. The fourth-order valence-corrected chi connectivity index (χ4v) is 4.23. The van der Waals surface area contributed by atoms with E-state index in [0.29, 0.717) is 0 Å². The van der Waals surface area contributed by atoms with Gasteiger partial charge in [0.25, 0.3) is 0 Å². The molecule has 1 saturated heterocycles. The van der Waals surface area contributed by atoms with Gasteiger partial charge in [-0.1, -0.05) is 42.8 Å². The van der Waals surface area contributed by atoms with Crippen molar-refractivity contribution in [2.24, 2.45) is 0 Å². The van der Waals surface area contributed by atoms with Crippen LogP contribution in [0, 0.1) is 0 Å². The van der Waals surface area contributed by atoms with Crippen LogP contribution in [-0.2, 0) is 23.1 Å². The first-order chi connectivity index (χ1) is 13.0. The smallest absolute Gasteiger partial charge is 0.242 e. The number of hydrogen-bond donors (Lipinski definition) is 1. The van der Waals surface area contributed by atoms with Crippen molar-refractivity contribution in [2.45, 2.75) is 24.9 Å². The fraction of sp³-hybridized carbons (Fsp3) is 0.421. The number of aromatic nitrogens is 1. The number of nitrogens with zero attached hydrogens (tertiary/aromatic N) is 3. The highest BCUT2D eigenvalue weighted by Gasteiger charge is 2.18. The van der Waals surface area contributed by atoms with Crippen molar-refractivity contribution in [3.63, 3.8) is 0 Å². The van der Waals surface area contributed by atoms with E-state index >= 15 is 0 Å². The molecular weight excluding hydrogens is 384 g/mol. The van der Waals surface area contributed by atoms with Crippen molar-refractivity contribution in [1.82, 2.24) is 19.5 Å². The first-order valence-corrected chi connectivity index (χ1v) is 11.0. The lowest BCUT2D eigenvalue weighted by Crippen LogP contribution is -2.45. The molecule has 0 spiro atoms. The number of benzene rings is 1. The van der Waals surface area contributed by atoms with Crippen molar-refractivity contribution >= 4 is 21.6 Å². The molecule has 0 amide bonds. The second kappa shape index (κ2) is 9.12. The van der Waals surface area contributed by atoms with E-state index in [1.807, 2.05) is 18.2 Å². The molecule has 1 aliphatic rings. The molecule has 0 aliphatic carbocycles. The van der Waals surface area contributed by atoms with Crippen LogP contribution in [-0.4, -0.2) is 55.9 Å². The summed E-state index contributed by atoms with van der Waals surface area (Å²) in [5.41, 5.74) is 2.14. The molecule has 1 N–H and O–H groups in total. The highest BCUT2D eigenvalue weighted by atomic mass is 35.5. The average Bonchev–Trinajstić information content (AvgIpc) is 2.68. The van der Waals surface area contributed by atoms with Crippen molar-refractivity contribution in [3.05, 3.63) is 58.9 Å². The summed E-state index contributed by atoms with van der Waals surface area (Å²) < 4.78 is 27.6. The number of halogens is 1. The lowest BCUT2D eigenvalue weighted by molar-refractivity contribution is 0.131. The summed E-state index contributed by atoms with van der Waals surface area (Å²) in [6.45, 7) is 8.57. The molecule has 2 heterocycles. The summed E-state index contributed by atoms with van der Waals surface area (Å²) in [7, 11) is -3.63. The third-order valence-corrected chi connectivity index (χ3v) is 6.50. The van der Waals surface area contributed by atoms with Gasteiger partial charge in [0.2, 0.25) is 10.0 Å². The van der Waals surface area contributed by atoms with E-state index < -0.39 is 10.0 Å². The van der Waals surface area contributed by atoms with Gasteiger partial charge in [-0.2, -0.15) is 0 Å². The zero-order valence-corrected chi connectivity index (χ0v) is 17.0. The lowest BCUT2D eigenvalue weighted by atomic mass is 10.1. The molecule has 3 rings (SSSR count). The van der Waals surface area contributed by atoms with Crippen molar-refractivity contribution in [2.75, 3.05) is 32.7 Å². The van der Waals surface area contributed by atoms with E-state index in [9.17, 15) is 8.42 Å². The number of sulfonamides is 1. The van der Waals surface area contributed by atoms with Crippen molar-refractivity contribution in [1.29, 1.82) is 0 Å². The van der Waals surface area contributed by atoms with Gasteiger partial charge in [-0.15, -0.1) is 0 Å². The Kier molecular flexibility index (Phi) is 6.83. The van der Waals surface area contributed by atoms with Gasteiger partial charge in [0, 0.05) is 45.5 Å². The third-order valence-electron chi connectivity index (χ3n) is 4.89. The predicted molar refractivity (Wildman–Crippen MR) is 107 cm³/mol. The van der Waals surface area contributed by atoms with Crippen LogP contribution in [0.1, 0.15) is 18.1 Å². The van der Waals surface area contributed by atoms with Crippen LogP contribution in [0.15, 0.2) is 47.5 Å². The fourth-order valence-electron chi connectivity index (χ4n) is 3.17. The molecule has 2 aromatic rings. The van der Waals surface area contributed by atoms with E-state index in [1.165, 1.54) is 18.3 Å². The van der Waals surface area contributed by atoms with Crippen molar-refractivity contribution in [3.8, 4) is 0 Å². The summed E-state index contributed by atoms with van der Waals surface area (Å²) in [4.78, 5) is 8.82. The first-order valence-electron chi connectivity index (χ1n) is 9.10. The van der Waals surface area contributed by atoms with Crippen LogP contribution in [0.25, 0.3) is 0 Å². The Bertz CT molecular complexity index is 850. The van der Waals surface area contributed by atoms with Gasteiger partial charge < -0.3 is 4.90 Å². The minimum absolute atomic E-state index is 0.111. The van der Waals surface area contributed by atoms with Gasteiger partial charge in [-0.05, 0) is 29.8 Å². The van der Waals surface area contributed by atoms with Gasteiger partial charge in [-0.3, -0.25) is 4.90 Å². The van der Waals surface area contributed by atoms with E-state index in [4.69, 9.17) is 11.6 Å². The highest BCUT2D eigenvalue weighted by Crippen LogP contribution is 2.16. The van der Waals surface area contributed by atoms with Crippen molar-refractivity contribution < 1.29 is 8.42 Å². The molecule has 0 radical (unpaired) electrons. The Morgan fingerprint density at radius 3 is 2.33 bits per heavy atom. The van der Waals surface area contributed by atoms with Crippen LogP contribution < -0.4 is 4.72 Å². The Morgan fingerprint density at radius 1 is 1.04 bits per heavy atom. The maximum Gasteiger partial charge on any atom is 0.242 e. The van der Waals surface area contributed by atoms with E-state index in [0.717, 1.165) is 50.4 Å². The molecule has 1 fully saturated rings. The monoisotopic (exact) mass is 408 g/mol. The zero-order valence-electron chi connectivity index (χ0n) is 15.4. The number of pyridine rings is 1. The SMILES string of the molecule is CCN1CCN(Cc2ccccc2CNS(=O)(=O)c2ccc(Cl)nc2)CC1. The summed E-state index contributed by atoms with van der Waals surface area (Å²) >= 11 is 5.73. The average molecular weight is 409 g/mol. The molecular formula is C19H25ClN4O2S. The normalized spacial score (nSPS) is 16.5. The summed E-state index contributed by atoms with van der Waals surface area (Å²) in [6, 6.07) is 10.9. The minimum atomic E-state index is -3.63. The first kappa shape index (κ1) is 20.2. The van der Waals surface area contributed by atoms with Crippen LogP contribution in [0.4, 0.5) is 0 Å². The summed E-state index contributed by atoms with van der Waals surface area (Å²) in [5.74, 6) is 0. The number of likely N-dealkylation sites (N-methyl/N-ethyl adjacent to an activating group) is 1. The molecule has 0 unspecified atom stereocenters. The topological polar surface area (TPSA) is 65.5 Å². The van der Waals surface area contributed by atoms with Gasteiger partial charge >= 0.3 is 0 Å². The second-order valence-corrected chi connectivity index (χ2v) is 8.77. The van der Waals surface area contributed by atoms with Gasteiger partial charge in [-0.25, -0.2) is 18.1 Å². The molecule has 27 heavy (non-hydrogen) atoms. The Hall–Kier alpha value is -1.51. The molecule has 0 bridgehead atoms. The second-order valence-electron chi connectivity index (χ2n) is 6.62. The van der Waals surface area contributed by atoms with Gasteiger partial charge in [0.15, 0.2) is 0 Å². The Morgan fingerprint density at radius 2 is 1.70 bits per heavy atom. The third kappa shape index (κ3) is 5.49.